The molecule has 2 saturated heterocycles. The average molecular weight is 442 g/mol. The molecule has 0 aromatic heterocycles. The number of halogens is 2. The number of rotatable bonds is 3. The number of carbonyl (C=O) groups is 3. The topological polar surface area (TPSA) is 78.5 Å². The highest BCUT2D eigenvalue weighted by atomic mass is 35.5. The molecule has 3 aliphatic rings. The van der Waals surface area contributed by atoms with Gasteiger partial charge in [-0.15, -0.1) is 0 Å². The molecule has 0 radical (unpaired) electrons. The lowest BCUT2D eigenvalue weighted by molar-refractivity contribution is -0.143. The number of likely N-dealkylation sites (tertiary alicyclic amines) is 1. The van der Waals surface area contributed by atoms with E-state index in [9.17, 15) is 18.8 Å². The summed E-state index contributed by atoms with van der Waals surface area (Å²) >= 11 is 6.32. The molecule has 2 aromatic rings. The number of amides is 3. The molecule has 1 spiro atoms. The zero-order chi connectivity index (χ0) is 22.1. The Kier molecular flexibility index (Phi) is 4.46. The largest absolute Gasteiger partial charge is 0.323 e. The van der Waals surface area contributed by atoms with Gasteiger partial charge in [0, 0.05) is 11.6 Å². The summed E-state index contributed by atoms with van der Waals surface area (Å²) in [5.74, 6) is -3.04. The fraction of sp³-hybridized carbons (Fsp3) is 0.348. The fourth-order valence-corrected chi connectivity index (χ4v) is 5.51. The van der Waals surface area contributed by atoms with Crippen molar-refractivity contribution in [1.29, 1.82) is 0 Å². The second-order valence-corrected chi connectivity index (χ2v) is 9.14. The number of para-hydroxylation sites is 1. The highest BCUT2D eigenvalue weighted by molar-refractivity contribution is 6.35. The van der Waals surface area contributed by atoms with Gasteiger partial charge < -0.3 is 5.32 Å². The fourth-order valence-electron chi connectivity index (χ4n) is 5.29. The maximum absolute atomic E-state index is 13.6. The maximum Gasteiger partial charge on any atom is 0.250 e. The van der Waals surface area contributed by atoms with Crippen molar-refractivity contribution in [3.63, 3.8) is 0 Å². The molecule has 4 atom stereocenters. The van der Waals surface area contributed by atoms with E-state index in [1.54, 1.807) is 30.3 Å². The van der Waals surface area contributed by atoms with Crippen molar-refractivity contribution in [2.24, 2.45) is 17.8 Å². The van der Waals surface area contributed by atoms with Crippen LogP contribution in [0.2, 0.25) is 5.02 Å². The van der Waals surface area contributed by atoms with Gasteiger partial charge in [0.05, 0.1) is 29.1 Å². The number of carbonyl (C=O) groups excluding carboxylic acids is 3. The zero-order valence-corrected chi connectivity index (χ0v) is 17.7. The summed E-state index contributed by atoms with van der Waals surface area (Å²) in [5, 5.41) is 6.57. The SMILES string of the molecule is CC(C)C1NC2(C(=O)Nc3c(Cl)cccc32)[C@@H]2C(=O)N(Cc3ccc(F)cc3)C(=O)[C@H]12. The molecule has 3 aliphatic heterocycles. The summed E-state index contributed by atoms with van der Waals surface area (Å²) in [6, 6.07) is 10.5. The molecule has 2 unspecified atom stereocenters. The number of fused-ring (bicyclic) bond motifs is 4. The molecule has 3 heterocycles. The van der Waals surface area contributed by atoms with Crippen LogP contribution in [0.1, 0.15) is 25.0 Å². The van der Waals surface area contributed by atoms with Gasteiger partial charge in [0.1, 0.15) is 11.4 Å². The predicted molar refractivity (Wildman–Crippen MR) is 112 cm³/mol. The molecular weight excluding hydrogens is 421 g/mol. The molecular formula is C23H21ClFN3O3. The normalized spacial score (nSPS) is 29.1. The third-order valence-corrected chi connectivity index (χ3v) is 7.01. The lowest BCUT2D eigenvalue weighted by Gasteiger charge is -2.30. The summed E-state index contributed by atoms with van der Waals surface area (Å²) in [6.45, 7) is 3.95. The van der Waals surface area contributed by atoms with Crippen LogP contribution >= 0.6 is 11.6 Å². The van der Waals surface area contributed by atoms with E-state index in [4.69, 9.17) is 11.6 Å². The molecule has 5 rings (SSSR count). The Hall–Kier alpha value is -2.77. The molecule has 8 heteroatoms. The minimum absolute atomic E-state index is 0.00503. The molecule has 3 amide bonds. The van der Waals surface area contributed by atoms with Crippen LogP contribution in [0.25, 0.3) is 0 Å². The van der Waals surface area contributed by atoms with Gasteiger partial charge in [-0.3, -0.25) is 24.6 Å². The van der Waals surface area contributed by atoms with Crippen molar-refractivity contribution >= 4 is 35.0 Å². The Morgan fingerprint density at radius 2 is 1.81 bits per heavy atom. The van der Waals surface area contributed by atoms with Gasteiger partial charge in [0.15, 0.2) is 0 Å². The van der Waals surface area contributed by atoms with Crippen molar-refractivity contribution in [2.75, 3.05) is 5.32 Å². The van der Waals surface area contributed by atoms with Crippen LogP contribution in [-0.4, -0.2) is 28.7 Å². The quantitative estimate of drug-likeness (QED) is 0.717. The van der Waals surface area contributed by atoms with Crippen molar-refractivity contribution in [3.05, 3.63) is 64.4 Å². The molecule has 2 aromatic carbocycles. The van der Waals surface area contributed by atoms with Gasteiger partial charge in [0.2, 0.25) is 17.7 Å². The number of nitrogens with one attached hydrogen (secondary N) is 2. The first-order chi connectivity index (χ1) is 14.8. The minimum Gasteiger partial charge on any atom is -0.323 e. The van der Waals surface area contributed by atoms with Crippen molar-refractivity contribution in [1.82, 2.24) is 10.2 Å². The summed E-state index contributed by atoms with van der Waals surface area (Å²) in [6.07, 6.45) is 0. The second-order valence-electron chi connectivity index (χ2n) is 8.73. The van der Waals surface area contributed by atoms with E-state index in [-0.39, 0.29) is 36.1 Å². The van der Waals surface area contributed by atoms with Crippen LogP contribution in [0.5, 0.6) is 0 Å². The van der Waals surface area contributed by atoms with Gasteiger partial charge in [-0.25, -0.2) is 4.39 Å². The monoisotopic (exact) mass is 441 g/mol. The first kappa shape index (κ1) is 20.2. The van der Waals surface area contributed by atoms with E-state index >= 15 is 0 Å². The Morgan fingerprint density at radius 1 is 1.10 bits per heavy atom. The third-order valence-electron chi connectivity index (χ3n) is 6.70. The van der Waals surface area contributed by atoms with E-state index in [0.29, 0.717) is 21.8 Å². The molecule has 160 valence electrons. The average Bonchev–Trinajstić information content (AvgIpc) is 3.32. The first-order valence-electron chi connectivity index (χ1n) is 10.2. The highest BCUT2D eigenvalue weighted by Gasteiger charge is 2.70. The standard InChI is InChI=1S/C23H21ClFN3O3/c1-11(2)18-16-17(21(30)28(20(16)29)10-12-6-8-13(25)9-7-12)23(27-18)14-4-3-5-15(24)19(14)26-22(23)31/h3-9,11,16-18,27H,10H2,1-2H3,(H,26,31)/t16-,17-,18?,23?/m0/s1. The van der Waals surface area contributed by atoms with Crippen molar-refractivity contribution in [2.45, 2.75) is 32.0 Å². The molecule has 6 nitrogen and oxygen atoms in total. The van der Waals surface area contributed by atoms with Gasteiger partial charge in [-0.05, 0) is 29.7 Å². The van der Waals surface area contributed by atoms with Gasteiger partial charge in [-0.1, -0.05) is 49.7 Å². The lowest BCUT2D eigenvalue weighted by atomic mass is 9.76. The Balaban J connectivity index is 1.61. The summed E-state index contributed by atoms with van der Waals surface area (Å²) in [7, 11) is 0. The molecule has 2 fully saturated rings. The Labute approximate surface area is 183 Å². The third kappa shape index (κ3) is 2.69. The van der Waals surface area contributed by atoms with Crippen LogP contribution in [0.3, 0.4) is 0 Å². The first-order valence-corrected chi connectivity index (χ1v) is 10.6. The lowest BCUT2D eigenvalue weighted by Crippen LogP contribution is -2.53. The van der Waals surface area contributed by atoms with E-state index < -0.39 is 23.3 Å². The molecule has 0 bridgehead atoms. The zero-order valence-electron chi connectivity index (χ0n) is 17.0. The number of hydrogen-bond donors (Lipinski definition) is 2. The summed E-state index contributed by atoms with van der Waals surface area (Å²) in [4.78, 5) is 41.6. The van der Waals surface area contributed by atoms with Gasteiger partial charge in [0.25, 0.3) is 0 Å². The van der Waals surface area contributed by atoms with E-state index in [0.717, 1.165) is 0 Å². The smallest absolute Gasteiger partial charge is 0.250 e. The molecule has 2 N–H and O–H groups in total. The van der Waals surface area contributed by atoms with Crippen molar-refractivity contribution < 1.29 is 18.8 Å². The van der Waals surface area contributed by atoms with Crippen molar-refractivity contribution in [3.8, 4) is 0 Å². The van der Waals surface area contributed by atoms with Crippen LogP contribution in [0, 0.1) is 23.6 Å². The Bertz CT molecular complexity index is 1120. The summed E-state index contributed by atoms with van der Waals surface area (Å²) in [5.41, 5.74) is 0.352. The number of anilines is 1. The number of hydrogen-bond acceptors (Lipinski definition) is 4. The number of benzene rings is 2. The van der Waals surface area contributed by atoms with Crippen LogP contribution < -0.4 is 10.6 Å². The van der Waals surface area contributed by atoms with Crippen LogP contribution in [0.4, 0.5) is 10.1 Å². The van der Waals surface area contributed by atoms with E-state index in [1.165, 1.54) is 17.0 Å². The molecule has 0 aliphatic carbocycles. The Morgan fingerprint density at radius 3 is 2.48 bits per heavy atom. The minimum atomic E-state index is -1.36. The van der Waals surface area contributed by atoms with Crippen LogP contribution in [-0.2, 0) is 26.5 Å². The summed E-state index contributed by atoms with van der Waals surface area (Å²) < 4.78 is 13.3. The highest BCUT2D eigenvalue weighted by Crippen LogP contribution is 2.55. The number of imide groups is 1. The van der Waals surface area contributed by atoms with Gasteiger partial charge >= 0.3 is 0 Å². The number of nitrogens with zero attached hydrogens (tertiary/aromatic N) is 1. The van der Waals surface area contributed by atoms with Gasteiger partial charge in [-0.2, -0.15) is 0 Å². The maximum atomic E-state index is 13.6. The van der Waals surface area contributed by atoms with E-state index in [1.807, 2.05) is 13.8 Å². The second kappa shape index (κ2) is 6.87. The molecule has 0 saturated carbocycles. The molecule has 31 heavy (non-hydrogen) atoms. The van der Waals surface area contributed by atoms with Crippen LogP contribution in [0.15, 0.2) is 42.5 Å². The predicted octanol–water partition coefficient (Wildman–Crippen LogP) is 3.06. The van der Waals surface area contributed by atoms with E-state index in [2.05, 4.69) is 10.6 Å².